The van der Waals surface area contributed by atoms with Crippen molar-refractivity contribution in [2.45, 2.75) is 46.1 Å². The minimum Gasteiger partial charge on any atom is -0.328 e. The summed E-state index contributed by atoms with van der Waals surface area (Å²) in [6.45, 7) is 8.01. The Hall–Kier alpha value is -2.33. The molecule has 4 nitrogen and oxygen atoms in total. The molecule has 0 spiro atoms. The molecule has 2 heterocycles. The first-order chi connectivity index (χ1) is 13.5. The number of imidazole rings is 1. The van der Waals surface area contributed by atoms with E-state index in [1.807, 2.05) is 36.1 Å². The number of aryl methyl sites for hydroxylation is 1. The minimum atomic E-state index is 0.0884. The quantitative estimate of drug-likeness (QED) is 0.566. The molecule has 5 heteroatoms. The van der Waals surface area contributed by atoms with Crippen LogP contribution >= 0.6 is 11.6 Å². The van der Waals surface area contributed by atoms with Crippen LogP contribution in [0.4, 0.5) is 5.69 Å². The number of carbonyl (C=O) groups excluding carboxylic acids is 1. The summed E-state index contributed by atoms with van der Waals surface area (Å²) in [5, 5.41) is 0.693. The van der Waals surface area contributed by atoms with Crippen LogP contribution in [0.1, 0.15) is 44.0 Å². The summed E-state index contributed by atoms with van der Waals surface area (Å²) in [4.78, 5) is 19.7. The zero-order valence-electron chi connectivity index (χ0n) is 16.7. The van der Waals surface area contributed by atoms with E-state index in [2.05, 4.69) is 36.6 Å². The van der Waals surface area contributed by atoms with Crippen LogP contribution < -0.4 is 4.90 Å². The molecule has 0 aliphatic carbocycles. The highest BCUT2D eigenvalue weighted by Gasteiger charge is 2.35. The molecule has 1 amide bonds. The third-order valence-electron chi connectivity index (χ3n) is 5.63. The standard InChI is InChI=1S/C23H26ClN3O/c1-15(2)11-12-26-21-9-5-4-8-19(21)25-23(26)17-13-22(28)27(14-17)20-10-6-7-18(24)16(20)3/h4-10,15,17H,11-14H2,1-3H3. The summed E-state index contributed by atoms with van der Waals surface area (Å²) in [6, 6.07) is 14.0. The molecule has 28 heavy (non-hydrogen) atoms. The Morgan fingerprint density at radius 3 is 2.75 bits per heavy atom. The first-order valence-corrected chi connectivity index (χ1v) is 10.3. The Bertz CT molecular complexity index is 1020. The van der Waals surface area contributed by atoms with Gasteiger partial charge in [0.2, 0.25) is 5.91 Å². The lowest BCUT2D eigenvalue weighted by Crippen LogP contribution is -2.25. The van der Waals surface area contributed by atoms with Gasteiger partial charge in [-0.05, 0) is 49.1 Å². The second-order valence-electron chi connectivity index (χ2n) is 8.08. The number of fused-ring (bicyclic) bond motifs is 1. The minimum absolute atomic E-state index is 0.0884. The van der Waals surface area contributed by atoms with Crippen LogP contribution in [0.25, 0.3) is 11.0 Å². The zero-order chi connectivity index (χ0) is 19.8. The van der Waals surface area contributed by atoms with Crippen molar-refractivity contribution in [3.63, 3.8) is 0 Å². The lowest BCUT2D eigenvalue weighted by atomic mass is 10.1. The lowest BCUT2D eigenvalue weighted by Gasteiger charge is -2.20. The van der Waals surface area contributed by atoms with Crippen LogP contribution in [0.2, 0.25) is 5.02 Å². The smallest absolute Gasteiger partial charge is 0.227 e. The van der Waals surface area contributed by atoms with E-state index >= 15 is 0 Å². The van der Waals surface area contributed by atoms with Crippen molar-refractivity contribution in [1.82, 2.24) is 9.55 Å². The van der Waals surface area contributed by atoms with E-state index in [0.717, 1.165) is 41.1 Å². The van der Waals surface area contributed by atoms with Crippen molar-refractivity contribution in [1.29, 1.82) is 0 Å². The molecule has 1 unspecified atom stereocenters. The molecule has 0 saturated carbocycles. The van der Waals surface area contributed by atoms with Gasteiger partial charge in [-0.1, -0.05) is 43.6 Å². The third-order valence-corrected chi connectivity index (χ3v) is 6.04. The van der Waals surface area contributed by atoms with E-state index in [-0.39, 0.29) is 11.8 Å². The molecule has 1 aromatic heterocycles. The number of halogens is 1. The topological polar surface area (TPSA) is 38.1 Å². The monoisotopic (exact) mass is 395 g/mol. The van der Waals surface area contributed by atoms with Crippen molar-refractivity contribution in [3.8, 4) is 0 Å². The van der Waals surface area contributed by atoms with Crippen molar-refractivity contribution >= 4 is 34.2 Å². The molecule has 0 radical (unpaired) electrons. The highest BCUT2D eigenvalue weighted by molar-refractivity contribution is 6.31. The summed E-state index contributed by atoms with van der Waals surface area (Å²) < 4.78 is 2.32. The number of hydrogen-bond acceptors (Lipinski definition) is 2. The summed E-state index contributed by atoms with van der Waals surface area (Å²) in [5.41, 5.74) is 4.02. The maximum absolute atomic E-state index is 12.9. The van der Waals surface area contributed by atoms with Crippen LogP contribution in [-0.2, 0) is 11.3 Å². The average Bonchev–Trinajstić information content (AvgIpc) is 3.22. The predicted octanol–water partition coefficient (Wildman–Crippen LogP) is 5.56. The molecule has 1 atom stereocenters. The van der Waals surface area contributed by atoms with Crippen LogP contribution in [0, 0.1) is 12.8 Å². The summed E-state index contributed by atoms with van der Waals surface area (Å²) in [6.07, 6.45) is 1.57. The van der Waals surface area contributed by atoms with Gasteiger partial charge in [0, 0.05) is 36.1 Å². The lowest BCUT2D eigenvalue weighted by molar-refractivity contribution is -0.117. The van der Waals surface area contributed by atoms with Gasteiger partial charge in [-0.3, -0.25) is 4.79 Å². The number of rotatable bonds is 5. The van der Waals surface area contributed by atoms with Crippen molar-refractivity contribution in [2.75, 3.05) is 11.4 Å². The zero-order valence-corrected chi connectivity index (χ0v) is 17.4. The molecule has 0 bridgehead atoms. The van der Waals surface area contributed by atoms with Gasteiger partial charge >= 0.3 is 0 Å². The van der Waals surface area contributed by atoms with Gasteiger partial charge in [0.1, 0.15) is 5.82 Å². The van der Waals surface area contributed by atoms with Gasteiger partial charge in [0.25, 0.3) is 0 Å². The first-order valence-electron chi connectivity index (χ1n) is 9.96. The van der Waals surface area contributed by atoms with Gasteiger partial charge in [-0.15, -0.1) is 0 Å². The fourth-order valence-corrected chi connectivity index (χ4v) is 4.20. The highest BCUT2D eigenvalue weighted by Crippen LogP contribution is 2.36. The van der Waals surface area contributed by atoms with Crippen molar-refractivity contribution in [2.24, 2.45) is 5.92 Å². The Kier molecular flexibility index (Phi) is 5.15. The Balaban J connectivity index is 1.70. The Labute approximate surface area is 171 Å². The maximum atomic E-state index is 12.9. The van der Waals surface area contributed by atoms with Gasteiger partial charge in [0.05, 0.1) is 11.0 Å². The van der Waals surface area contributed by atoms with Crippen molar-refractivity contribution in [3.05, 3.63) is 58.9 Å². The highest BCUT2D eigenvalue weighted by atomic mass is 35.5. The summed E-state index contributed by atoms with van der Waals surface area (Å²) in [5.74, 6) is 1.87. The molecular weight excluding hydrogens is 370 g/mol. The number of benzene rings is 2. The number of para-hydroxylation sites is 2. The molecule has 146 valence electrons. The maximum Gasteiger partial charge on any atom is 0.227 e. The number of hydrogen-bond donors (Lipinski definition) is 0. The van der Waals surface area contributed by atoms with Gasteiger partial charge in [-0.25, -0.2) is 4.98 Å². The van der Waals surface area contributed by atoms with E-state index in [1.54, 1.807) is 0 Å². The number of amides is 1. The fraction of sp³-hybridized carbons (Fsp3) is 0.391. The molecular formula is C23H26ClN3O. The van der Waals surface area contributed by atoms with Gasteiger partial charge in [0.15, 0.2) is 0 Å². The second kappa shape index (κ2) is 7.59. The molecule has 1 aliphatic rings. The largest absolute Gasteiger partial charge is 0.328 e. The summed E-state index contributed by atoms with van der Waals surface area (Å²) >= 11 is 6.29. The molecule has 2 aromatic carbocycles. The SMILES string of the molecule is Cc1c(Cl)cccc1N1CC(c2nc3ccccc3n2CCC(C)C)CC1=O. The molecule has 1 fully saturated rings. The number of anilines is 1. The number of carbonyl (C=O) groups is 1. The van der Waals surface area contributed by atoms with E-state index in [1.165, 1.54) is 0 Å². The molecule has 1 aliphatic heterocycles. The van der Waals surface area contributed by atoms with E-state index in [9.17, 15) is 4.79 Å². The Morgan fingerprint density at radius 1 is 1.18 bits per heavy atom. The molecule has 3 aromatic rings. The van der Waals surface area contributed by atoms with E-state index in [0.29, 0.717) is 23.9 Å². The normalized spacial score (nSPS) is 17.2. The number of nitrogens with zero attached hydrogens (tertiary/aromatic N) is 3. The second-order valence-corrected chi connectivity index (χ2v) is 8.49. The van der Waals surface area contributed by atoms with E-state index < -0.39 is 0 Å². The Morgan fingerprint density at radius 2 is 1.96 bits per heavy atom. The summed E-state index contributed by atoms with van der Waals surface area (Å²) in [7, 11) is 0. The third kappa shape index (κ3) is 3.42. The van der Waals surface area contributed by atoms with Crippen LogP contribution in [0.5, 0.6) is 0 Å². The van der Waals surface area contributed by atoms with Crippen LogP contribution in [0.15, 0.2) is 42.5 Å². The molecule has 4 rings (SSSR count). The average molecular weight is 396 g/mol. The van der Waals surface area contributed by atoms with Crippen LogP contribution in [0.3, 0.4) is 0 Å². The van der Waals surface area contributed by atoms with Gasteiger partial charge < -0.3 is 9.47 Å². The number of aromatic nitrogens is 2. The van der Waals surface area contributed by atoms with E-state index in [4.69, 9.17) is 16.6 Å². The first kappa shape index (κ1) is 19.0. The predicted molar refractivity (Wildman–Crippen MR) is 115 cm³/mol. The molecule has 0 N–H and O–H groups in total. The molecule has 1 saturated heterocycles. The fourth-order valence-electron chi connectivity index (χ4n) is 4.03. The van der Waals surface area contributed by atoms with Crippen LogP contribution in [-0.4, -0.2) is 22.0 Å². The van der Waals surface area contributed by atoms with Gasteiger partial charge in [-0.2, -0.15) is 0 Å². The van der Waals surface area contributed by atoms with Crippen molar-refractivity contribution < 1.29 is 4.79 Å².